The van der Waals surface area contributed by atoms with Gasteiger partial charge in [0.2, 0.25) is 0 Å². The average molecular weight is 272 g/mol. The smallest absolute Gasteiger partial charge is 0.106 e. The highest BCUT2D eigenvalue weighted by Gasteiger charge is 2.28. The lowest BCUT2D eigenvalue weighted by Gasteiger charge is -2.28. The lowest BCUT2D eigenvalue weighted by molar-refractivity contribution is 1.18. The topological polar surface area (TPSA) is 12.9 Å². The molecule has 1 aromatic rings. The number of nitrogens with zero attached hydrogens (tertiary/aromatic N) is 1. The van der Waals surface area contributed by atoms with Crippen LogP contribution < -0.4 is 5.19 Å². The third kappa shape index (κ3) is 2.26. The molecule has 14 heavy (non-hydrogen) atoms. The Labute approximate surface area is 96.1 Å². The molecule has 1 nitrogen and oxygen atoms in total. The summed E-state index contributed by atoms with van der Waals surface area (Å²) in [5.41, 5.74) is 0. The third-order valence-corrected chi connectivity index (χ3v) is 9.42. The average Bonchev–Trinajstić information content (AvgIpc) is 2.24. The van der Waals surface area contributed by atoms with Gasteiger partial charge in [-0.2, -0.15) is 0 Å². The van der Waals surface area contributed by atoms with Gasteiger partial charge in [0.15, 0.2) is 0 Å². The molecule has 0 amide bonds. The van der Waals surface area contributed by atoms with E-state index in [1.165, 1.54) is 23.3 Å². The summed E-state index contributed by atoms with van der Waals surface area (Å²) in [5, 5.41) is 1.51. The Morgan fingerprint density at radius 3 is 2.07 bits per heavy atom. The number of hydrogen-bond donors (Lipinski definition) is 0. The monoisotopic (exact) mass is 271 g/mol. The Morgan fingerprint density at radius 2 is 1.71 bits per heavy atom. The van der Waals surface area contributed by atoms with Crippen LogP contribution in [0.2, 0.25) is 18.1 Å². The Bertz CT molecular complexity index is 272. The summed E-state index contributed by atoms with van der Waals surface area (Å²) in [6.45, 7) is 6.96. The predicted octanol–water partition coefficient (Wildman–Crippen LogP) is 3.56. The molecule has 0 atom stereocenters. The molecule has 0 N–H and O–H groups in total. The second-order valence-corrected chi connectivity index (χ2v) is 9.78. The highest BCUT2D eigenvalue weighted by Crippen LogP contribution is 2.20. The van der Waals surface area contributed by atoms with E-state index in [2.05, 4.69) is 60.0 Å². The number of hydrogen-bond acceptors (Lipinski definition) is 1. The highest BCUT2D eigenvalue weighted by molar-refractivity contribution is 9.10. The van der Waals surface area contributed by atoms with E-state index >= 15 is 0 Å². The molecule has 3 heteroatoms. The molecule has 0 aliphatic rings. The van der Waals surface area contributed by atoms with Crippen molar-refractivity contribution < 1.29 is 0 Å². The van der Waals surface area contributed by atoms with Crippen molar-refractivity contribution in [3.05, 3.63) is 22.9 Å². The van der Waals surface area contributed by atoms with Gasteiger partial charge in [-0.3, -0.25) is 0 Å². The molecule has 0 aliphatic carbocycles. The second-order valence-electron chi connectivity index (χ2n) is 3.71. The number of halogens is 1. The summed E-state index contributed by atoms with van der Waals surface area (Å²) in [7, 11) is -1.20. The van der Waals surface area contributed by atoms with Crippen molar-refractivity contribution in [1.82, 2.24) is 4.98 Å². The van der Waals surface area contributed by atoms with Crippen LogP contribution in [0, 0.1) is 0 Å². The van der Waals surface area contributed by atoms with Crippen LogP contribution in [0.15, 0.2) is 22.9 Å². The first-order valence-electron chi connectivity index (χ1n) is 5.30. The lowest BCUT2D eigenvalue weighted by atomic mass is 10.5. The standard InChI is InChI=1S/C11H18BrNSi/c1-4-14(5-2,6-3)10-7-8-11(12)13-9-10/h7-9H,4-6H2,1-3H3. The molecule has 1 heterocycles. The zero-order chi connectivity index (χ0) is 10.6. The summed E-state index contributed by atoms with van der Waals surface area (Å²) in [6, 6.07) is 8.29. The fourth-order valence-corrected chi connectivity index (χ4v) is 5.79. The SMILES string of the molecule is CC[Si](CC)(CC)c1ccc(Br)nc1. The molecule has 78 valence electrons. The van der Waals surface area contributed by atoms with Gasteiger partial charge in [0.1, 0.15) is 4.60 Å². The minimum absolute atomic E-state index is 0.937. The second kappa shape index (κ2) is 5.08. The van der Waals surface area contributed by atoms with Gasteiger partial charge in [0.25, 0.3) is 0 Å². The van der Waals surface area contributed by atoms with E-state index in [1.807, 2.05) is 0 Å². The lowest BCUT2D eigenvalue weighted by Crippen LogP contribution is -2.45. The van der Waals surface area contributed by atoms with E-state index in [0.717, 1.165) is 4.60 Å². The van der Waals surface area contributed by atoms with Gasteiger partial charge in [-0.25, -0.2) is 4.98 Å². The van der Waals surface area contributed by atoms with Crippen molar-refractivity contribution in [2.24, 2.45) is 0 Å². The zero-order valence-electron chi connectivity index (χ0n) is 9.18. The van der Waals surface area contributed by atoms with Gasteiger partial charge in [0.05, 0.1) is 8.07 Å². The van der Waals surface area contributed by atoms with Crippen molar-refractivity contribution in [3.8, 4) is 0 Å². The van der Waals surface area contributed by atoms with Gasteiger partial charge in [0, 0.05) is 6.20 Å². The van der Waals surface area contributed by atoms with E-state index < -0.39 is 8.07 Å². The number of pyridine rings is 1. The van der Waals surface area contributed by atoms with E-state index in [0.29, 0.717) is 0 Å². The maximum atomic E-state index is 4.34. The van der Waals surface area contributed by atoms with Gasteiger partial charge in [-0.05, 0) is 27.2 Å². The zero-order valence-corrected chi connectivity index (χ0v) is 11.8. The van der Waals surface area contributed by atoms with Crippen molar-refractivity contribution in [2.75, 3.05) is 0 Å². The fourth-order valence-electron chi connectivity index (χ4n) is 2.05. The summed E-state index contributed by atoms with van der Waals surface area (Å²) < 4.78 is 0.937. The largest absolute Gasteiger partial charge is 0.249 e. The van der Waals surface area contributed by atoms with Gasteiger partial charge < -0.3 is 0 Å². The maximum absolute atomic E-state index is 4.34. The van der Waals surface area contributed by atoms with Crippen LogP contribution in [0.1, 0.15) is 20.8 Å². The third-order valence-electron chi connectivity index (χ3n) is 3.37. The number of aromatic nitrogens is 1. The molecule has 0 saturated carbocycles. The molecule has 0 bridgehead atoms. The van der Waals surface area contributed by atoms with Gasteiger partial charge in [-0.15, -0.1) is 0 Å². The number of rotatable bonds is 4. The van der Waals surface area contributed by atoms with Crippen LogP contribution in [0.5, 0.6) is 0 Å². The van der Waals surface area contributed by atoms with Gasteiger partial charge >= 0.3 is 0 Å². The summed E-state index contributed by atoms with van der Waals surface area (Å²) >= 11 is 3.38. The molecular weight excluding hydrogens is 254 g/mol. The molecule has 0 aromatic carbocycles. The molecule has 1 rings (SSSR count). The summed E-state index contributed by atoms with van der Waals surface area (Å²) in [6.07, 6.45) is 2.06. The first-order valence-corrected chi connectivity index (χ1v) is 8.72. The molecular formula is C11H18BrNSi. The maximum Gasteiger partial charge on any atom is 0.106 e. The highest BCUT2D eigenvalue weighted by atomic mass is 79.9. The molecule has 0 unspecified atom stereocenters. The van der Waals surface area contributed by atoms with Gasteiger partial charge in [-0.1, -0.05) is 45.0 Å². The van der Waals surface area contributed by atoms with Crippen molar-refractivity contribution in [1.29, 1.82) is 0 Å². The molecule has 1 aromatic heterocycles. The molecule has 0 fully saturated rings. The first kappa shape index (κ1) is 11.9. The van der Waals surface area contributed by atoms with Crippen LogP contribution in [0.25, 0.3) is 0 Å². The molecule has 0 saturated heterocycles. The van der Waals surface area contributed by atoms with Crippen LogP contribution in [-0.4, -0.2) is 13.1 Å². The Kier molecular flexibility index (Phi) is 4.32. The van der Waals surface area contributed by atoms with Crippen LogP contribution in [0.4, 0.5) is 0 Å². The van der Waals surface area contributed by atoms with Crippen molar-refractivity contribution in [2.45, 2.75) is 38.9 Å². The Hall–Kier alpha value is -0.153. The van der Waals surface area contributed by atoms with E-state index in [1.54, 1.807) is 0 Å². The van der Waals surface area contributed by atoms with Crippen LogP contribution >= 0.6 is 15.9 Å². The molecule has 0 aliphatic heterocycles. The Morgan fingerprint density at radius 1 is 1.14 bits per heavy atom. The van der Waals surface area contributed by atoms with Crippen molar-refractivity contribution >= 4 is 29.2 Å². The van der Waals surface area contributed by atoms with Crippen LogP contribution in [0.3, 0.4) is 0 Å². The Balaban J connectivity index is 3.05. The summed E-state index contributed by atoms with van der Waals surface area (Å²) in [4.78, 5) is 4.34. The van der Waals surface area contributed by atoms with E-state index in [4.69, 9.17) is 0 Å². The van der Waals surface area contributed by atoms with E-state index in [9.17, 15) is 0 Å². The molecule has 0 spiro atoms. The molecule has 0 radical (unpaired) electrons. The fraction of sp³-hybridized carbons (Fsp3) is 0.545. The summed E-state index contributed by atoms with van der Waals surface area (Å²) in [5.74, 6) is 0. The van der Waals surface area contributed by atoms with Crippen LogP contribution in [-0.2, 0) is 0 Å². The first-order chi connectivity index (χ1) is 6.68. The minimum atomic E-state index is -1.20. The quantitative estimate of drug-likeness (QED) is 0.603. The minimum Gasteiger partial charge on any atom is -0.249 e. The van der Waals surface area contributed by atoms with Crippen molar-refractivity contribution in [3.63, 3.8) is 0 Å². The normalized spacial score (nSPS) is 11.7. The van der Waals surface area contributed by atoms with E-state index in [-0.39, 0.29) is 0 Å². The predicted molar refractivity (Wildman–Crippen MR) is 68.8 cm³/mol.